The van der Waals surface area contributed by atoms with E-state index in [4.69, 9.17) is 0 Å². The fourth-order valence-corrected chi connectivity index (χ4v) is 4.35. The summed E-state index contributed by atoms with van der Waals surface area (Å²) in [5.41, 5.74) is 2.66. The van der Waals surface area contributed by atoms with E-state index < -0.39 is 0 Å². The molecule has 2 amide bonds. The Labute approximate surface area is 153 Å². The molecule has 0 aromatic carbocycles. The van der Waals surface area contributed by atoms with Crippen LogP contribution in [0.3, 0.4) is 0 Å². The first-order valence-corrected chi connectivity index (χ1v) is 9.45. The number of rotatable bonds is 5. The van der Waals surface area contributed by atoms with Crippen molar-refractivity contribution in [1.82, 2.24) is 19.3 Å². The Hall–Kier alpha value is -2.26. The van der Waals surface area contributed by atoms with Crippen LogP contribution in [-0.2, 0) is 11.2 Å². The van der Waals surface area contributed by atoms with Crippen molar-refractivity contribution in [1.29, 1.82) is 0 Å². The fraction of sp³-hybridized carbons (Fsp3) is 0.375. The highest BCUT2D eigenvalue weighted by atomic mass is 32.1. The van der Waals surface area contributed by atoms with Crippen molar-refractivity contribution in [2.24, 2.45) is 0 Å². The van der Waals surface area contributed by atoms with Gasteiger partial charge in [-0.3, -0.25) is 14.0 Å². The average Bonchev–Trinajstić information content (AvgIpc) is 3.19. The van der Waals surface area contributed by atoms with Crippen molar-refractivity contribution in [2.75, 3.05) is 19.4 Å². The first-order valence-electron chi connectivity index (χ1n) is 7.76. The summed E-state index contributed by atoms with van der Waals surface area (Å²) >= 11 is 2.78. The van der Waals surface area contributed by atoms with E-state index >= 15 is 0 Å². The molecule has 0 aliphatic heterocycles. The molecule has 3 rings (SSSR count). The van der Waals surface area contributed by atoms with Crippen molar-refractivity contribution in [2.45, 2.75) is 26.7 Å². The van der Waals surface area contributed by atoms with Crippen LogP contribution in [-0.4, -0.2) is 45.2 Å². The van der Waals surface area contributed by atoms with Crippen LogP contribution in [0, 0.1) is 13.8 Å². The smallest absolute Gasteiger partial charge is 0.265 e. The predicted molar refractivity (Wildman–Crippen MR) is 99.6 cm³/mol. The van der Waals surface area contributed by atoms with E-state index in [2.05, 4.69) is 15.3 Å². The maximum absolute atomic E-state index is 12.2. The fourth-order valence-electron chi connectivity index (χ4n) is 2.40. The number of nitrogens with one attached hydrogen (secondary N) is 1. The number of amides is 2. The minimum absolute atomic E-state index is 0.105. The van der Waals surface area contributed by atoms with E-state index in [1.165, 1.54) is 16.2 Å². The summed E-state index contributed by atoms with van der Waals surface area (Å²) < 4.78 is 2.02. The zero-order valence-electron chi connectivity index (χ0n) is 14.5. The lowest BCUT2D eigenvalue weighted by molar-refractivity contribution is -0.116. The zero-order valence-corrected chi connectivity index (χ0v) is 16.1. The van der Waals surface area contributed by atoms with Crippen LogP contribution < -0.4 is 5.32 Å². The molecular weight excluding hydrogens is 358 g/mol. The highest BCUT2D eigenvalue weighted by molar-refractivity contribution is 7.17. The zero-order chi connectivity index (χ0) is 18.1. The van der Waals surface area contributed by atoms with Crippen molar-refractivity contribution in [3.05, 3.63) is 33.5 Å². The highest BCUT2D eigenvalue weighted by Crippen LogP contribution is 2.24. The molecule has 1 N–H and O–H groups in total. The highest BCUT2D eigenvalue weighted by Gasteiger charge is 2.18. The monoisotopic (exact) mass is 377 g/mol. The largest absolute Gasteiger partial charge is 0.344 e. The van der Waals surface area contributed by atoms with Gasteiger partial charge in [0.1, 0.15) is 4.88 Å². The van der Waals surface area contributed by atoms with Crippen LogP contribution in [0.4, 0.5) is 5.13 Å². The molecule has 3 aromatic heterocycles. The molecular formula is C16H19N5O2S2. The van der Waals surface area contributed by atoms with Gasteiger partial charge in [0, 0.05) is 37.8 Å². The number of thiazole rings is 2. The maximum Gasteiger partial charge on any atom is 0.265 e. The first kappa shape index (κ1) is 17.6. The number of fused-ring (bicyclic) bond motifs is 1. The number of aryl methyl sites for hydroxylation is 3. The summed E-state index contributed by atoms with van der Waals surface area (Å²) in [5, 5.41) is 5.27. The third kappa shape index (κ3) is 3.72. The first-order chi connectivity index (χ1) is 11.8. The lowest BCUT2D eigenvalue weighted by atomic mass is 10.2. The topological polar surface area (TPSA) is 79.6 Å². The number of carbonyl (C=O) groups is 2. The van der Waals surface area contributed by atoms with E-state index in [1.54, 1.807) is 32.4 Å². The standard InChI is InChI=1S/C16H19N5O2S2/c1-9-7-21-11(8-24-16(21)17-9)5-6-12(22)19-15-18-10(2)13(25-15)14(23)20(3)4/h7-8H,5-6H2,1-4H3,(H,18,19,22). The Kier molecular flexibility index (Phi) is 4.87. The molecule has 0 saturated carbocycles. The minimum atomic E-state index is -0.117. The lowest BCUT2D eigenvalue weighted by Crippen LogP contribution is -2.21. The number of anilines is 1. The molecule has 0 saturated heterocycles. The number of carbonyl (C=O) groups excluding carboxylic acids is 2. The number of imidazole rings is 1. The number of hydrogen-bond acceptors (Lipinski definition) is 6. The van der Waals surface area contributed by atoms with Gasteiger partial charge in [0.2, 0.25) is 5.91 Å². The Bertz CT molecular complexity index is 938. The minimum Gasteiger partial charge on any atom is -0.344 e. The molecule has 132 valence electrons. The predicted octanol–water partition coefficient (Wildman–Crippen LogP) is 2.74. The Morgan fingerprint density at radius 1 is 1.28 bits per heavy atom. The van der Waals surface area contributed by atoms with Gasteiger partial charge in [0.05, 0.1) is 11.4 Å². The molecule has 25 heavy (non-hydrogen) atoms. The van der Waals surface area contributed by atoms with Gasteiger partial charge < -0.3 is 10.2 Å². The number of nitrogens with zero attached hydrogens (tertiary/aromatic N) is 4. The molecule has 3 heterocycles. The molecule has 0 aliphatic carbocycles. The van der Waals surface area contributed by atoms with E-state index in [0.717, 1.165) is 16.3 Å². The Morgan fingerprint density at radius 2 is 2.04 bits per heavy atom. The molecule has 3 aromatic rings. The second kappa shape index (κ2) is 6.93. The van der Waals surface area contributed by atoms with Crippen molar-refractivity contribution < 1.29 is 9.59 Å². The van der Waals surface area contributed by atoms with Gasteiger partial charge in [0.25, 0.3) is 5.91 Å². The van der Waals surface area contributed by atoms with Crippen LogP contribution in [0.5, 0.6) is 0 Å². The summed E-state index contributed by atoms with van der Waals surface area (Å²) in [5.74, 6) is -0.222. The number of aromatic nitrogens is 3. The van der Waals surface area contributed by atoms with Gasteiger partial charge in [-0.25, -0.2) is 9.97 Å². The van der Waals surface area contributed by atoms with E-state index in [-0.39, 0.29) is 11.8 Å². The molecule has 9 heteroatoms. The van der Waals surface area contributed by atoms with Gasteiger partial charge in [-0.05, 0) is 20.3 Å². The Balaban J connectivity index is 1.63. The normalized spacial score (nSPS) is 11.0. The van der Waals surface area contributed by atoms with Crippen LogP contribution in [0.25, 0.3) is 4.96 Å². The third-order valence-corrected chi connectivity index (χ3v) is 5.60. The Morgan fingerprint density at radius 3 is 2.76 bits per heavy atom. The molecule has 0 fully saturated rings. The molecule has 0 atom stereocenters. The number of hydrogen-bond donors (Lipinski definition) is 1. The molecule has 0 aliphatic rings. The van der Waals surface area contributed by atoms with E-state index in [1.807, 2.05) is 22.9 Å². The van der Waals surface area contributed by atoms with Gasteiger partial charge >= 0.3 is 0 Å². The van der Waals surface area contributed by atoms with Gasteiger partial charge in [-0.1, -0.05) is 11.3 Å². The molecule has 0 radical (unpaired) electrons. The third-order valence-electron chi connectivity index (χ3n) is 3.66. The van der Waals surface area contributed by atoms with Crippen molar-refractivity contribution >= 4 is 44.6 Å². The second-order valence-corrected chi connectivity index (χ2v) is 7.78. The second-order valence-electron chi connectivity index (χ2n) is 5.94. The molecule has 7 nitrogen and oxygen atoms in total. The lowest BCUT2D eigenvalue weighted by Gasteiger charge is -2.07. The van der Waals surface area contributed by atoms with Crippen LogP contribution >= 0.6 is 22.7 Å². The summed E-state index contributed by atoms with van der Waals surface area (Å²) in [6.07, 6.45) is 2.94. The van der Waals surface area contributed by atoms with Crippen LogP contribution in [0.15, 0.2) is 11.6 Å². The molecule has 0 bridgehead atoms. The van der Waals surface area contributed by atoms with Gasteiger partial charge in [-0.15, -0.1) is 11.3 Å². The van der Waals surface area contributed by atoms with Crippen molar-refractivity contribution in [3.63, 3.8) is 0 Å². The molecule has 0 unspecified atom stereocenters. The van der Waals surface area contributed by atoms with Crippen molar-refractivity contribution in [3.8, 4) is 0 Å². The quantitative estimate of drug-likeness (QED) is 0.741. The average molecular weight is 377 g/mol. The summed E-state index contributed by atoms with van der Waals surface area (Å²) in [6.45, 7) is 3.72. The van der Waals surface area contributed by atoms with Gasteiger partial charge in [-0.2, -0.15) is 0 Å². The summed E-state index contributed by atoms with van der Waals surface area (Å²) in [6, 6.07) is 0. The van der Waals surface area contributed by atoms with Gasteiger partial charge in [0.15, 0.2) is 10.1 Å². The SMILES string of the molecule is Cc1cn2c(CCC(=O)Nc3nc(C)c(C(=O)N(C)C)s3)csc2n1. The van der Waals surface area contributed by atoms with E-state index in [9.17, 15) is 9.59 Å². The molecule has 0 spiro atoms. The van der Waals surface area contributed by atoms with Crippen LogP contribution in [0.1, 0.15) is 33.2 Å². The summed E-state index contributed by atoms with van der Waals surface area (Å²) in [7, 11) is 3.39. The summed E-state index contributed by atoms with van der Waals surface area (Å²) in [4.78, 5) is 35.9. The van der Waals surface area contributed by atoms with E-state index in [0.29, 0.717) is 28.5 Å². The maximum atomic E-state index is 12.2. The van der Waals surface area contributed by atoms with Crippen LogP contribution in [0.2, 0.25) is 0 Å².